The molecule has 4 rings (SSSR count). The monoisotopic (exact) mass is 396 g/mol. The Morgan fingerprint density at radius 2 is 1.75 bits per heavy atom. The van der Waals surface area contributed by atoms with Gasteiger partial charge in [0, 0.05) is 13.1 Å². The zero-order valence-electron chi connectivity index (χ0n) is 16.7. The molecule has 1 saturated heterocycles. The van der Waals surface area contributed by atoms with E-state index in [2.05, 4.69) is 51.3 Å². The first-order valence-electron chi connectivity index (χ1n) is 10.9. The number of thiophene rings is 1. The Morgan fingerprint density at radius 1 is 0.964 bits per heavy atom. The number of nitrogens with zero attached hydrogens (tertiary/aromatic N) is 1. The SMILES string of the molecule is O=C(NCC1CCCCC1)C1CCCCN1Cc1ccc(-c2ccsc2)cc1. The summed E-state index contributed by atoms with van der Waals surface area (Å²) in [7, 11) is 0. The second-order valence-electron chi connectivity index (χ2n) is 8.44. The fourth-order valence-corrected chi connectivity index (χ4v) is 5.36. The summed E-state index contributed by atoms with van der Waals surface area (Å²) >= 11 is 1.73. The fraction of sp³-hybridized carbons (Fsp3) is 0.542. The molecule has 2 fully saturated rings. The van der Waals surface area contributed by atoms with Gasteiger partial charge in [0.15, 0.2) is 0 Å². The maximum Gasteiger partial charge on any atom is 0.237 e. The summed E-state index contributed by atoms with van der Waals surface area (Å²) in [5.74, 6) is 0.944. The standard InChI is InChI=1S/C24H32N2OS/c27-24(25-16-19-6-2-1-3-7-19)23-8-4-5-14-26(23)17-20-9-11-21(12-10-20)22-13-15-28-18-22/h9-13,15,18-19,23H,1-8,14,16-17H2,(H,25,27). The van der Waals surface area contributed by atoms with Crippen LogP contribution in [0.5, 0.6) is 0 Å². The maximum atomic E-state index is 12.9. The number of likely N-dealkylation sites (tertiary alicyclic amines) is 1. The van der Waals surface area contributed by atoms with E-state index in [1.54, 1.807) is 11.3 Å². The Kier molecular flexibility index (Phi) is 6.81. The lowest BCUT2D eigenvalue weighted by Gasteiger charge is -2.35. The van der Waals surface area contributed by atoms with E-state index in [-0.39, 0.29) is 11.9 Å². The van der Waals surface area contributed by atoms with Gasteiger partial charge in [-0.15, -0.1) is 0 Å². The summed E-state index contributed by atoms with van der Waals surface area (Å²) in [6.07, 6.45) is 9.94. The molecule has 0 bridgehead atoms. The van der Waals surface area contributed by atoms with Crippen molar-refractivity contribution in [3.8, 4) is 11.1 Å². The van der Waals surface area contributed by atoms with Gasteiger partial charge < -0.3 is 5.32 Å². The molecule has 0 spiro atoms. The highest BCUT2D eigenvalue weighted by Gasteiger charge is 2.29. The normalized spacial score (nSPS) is 21.5. The van der Waals surface area contributed by atoms with Gasteiger partial charge in [0.2, 0.25) is 5.91 Å². The van der Waals surface area contributed by atoms with Gasteiger partial charge in [-0.25, -0.2) is 0 Å². The third-order valence-electron chi connectivity index (χ3n) is 6.40. The topological polar surface area (TPSA) is 32.3 Å². The van der Waals surface area contributed by atoms with Gasteiger partial charge in [0.25, 0.3) is 0 Å². The van der Waals surface area contributed by atoms with E-state index in [1.807, 2.05) is 0 Å². The zero-order chi connectivity index (χ0) is 19.2. The van der Waals surface area contributed by atoms with Crippen molar-refractivity contribution in [2.75, 3.05) is 13.1 Å². The number of hydrogen-bond acceptors (Lipinski definition) is 3. The Labute approximate surface area is 173 Å². The molecule has 1 aliphatic heterocycles. The van der Waals surface area contributed by atoms with Crippen LogP contribution in [0.3, 0.4) is 0 Å². The van der Waals surface area contributed by atoms with Gasteiger partial charge in [-0.3, -0.25) is 9.69 Å². The van der Waals surface area contributed by atoms with E-state index in [4.69, 9.17) is 0 Å². The van der Waals surface area contributed by atoms with Crippen LogP contribution >= 0.6 is 11.3 Å². The predicted octanol–water partition coefficient (Wildman–Crippen LogP) is 5.47. The van der Waals surface area contributed by atoms with E-state index < -0.39 is 0 Å². The summed E-state index contributed by atoms with van der Waals surface area (Å²) in [6, 6.07) is 11.1. The molecule has 1 aromatic carbocycles. The van der Waals surface area contributed by atoms with Crippen molar-refractivity contribution in [2.24, 2.45) is 5.92 Å². The summed E-state index contributed by atoms with van der Waals surface area (Å²) < 4.78 is 0. The van der Waals surface area contributed by atoms with Crippen molar-refractivity contribution in [1.29, 1.82) is 0 Å². The Morgan fingerprint density at radius 3 is 2.50 bits per heavy atom. The van der Waals surface area contributed by atoms with E-state index in [9.17, 15) is 4.79 Å². The zero-order valence-corrected chi connectivity index (χ0v) is 17.6. The first-order valence-corrected chi connectivity index (χ1v) is 11.9. The molecule has 2 aromatic rings. The number of carbonyl (C=O) groups is 1. The summed E-state index contributed by atoms with van der Waals surface area (Å²) in [6.45, 7) is 2.76. The molecule has 1 saturated carbocycles. The molecule has 0 radical (unpaired) electrons. The highest BCUT2D eigenvalue weighted by Crippen LogP contribution is 2.25. The van der Waals surface area contributed by atoms with Gasteiger partial charge in [-0.1, -0.05) is 49.9 Å². The van der Waals surface area contributed by atoms with Gasteiger partial charge in [-0.2, -0.15) is 11.3 Å². The van der Waals surface area contributed by atoms with Crippen LogP contribution in [-0.4, -0.2) is 29.9 Å². The van der Waals surface area contributed by atoms with Gasteiger partial charge in [0.05, 0.1) is 6.04 Å². The summed E-state index contributed by atoms with van der Waals surface area (Å²) in [5.41, 5.74) is 3.85. The Balaban J connectivity index is 1.34. The van der Waals surface area contributed by atoms with Crippen LogP contribution in [0.25, 0.3) is 11.1 Å². The highest BCUT2D eigenvalue weighted by molar-refractivity contribution is 7.08. The van der Waals surface area contributed by atoms with Crippen molar-refractivity contribution < 1.29 is 4.79 Å². The van der Waals surface area contributed by atoms with Gasteiger partial charge in [0.1, 0.15) is 0 Å². The molecule has 2 aliphatic rings. The molecule has 4 heteroatoms. The molecule has 1 atom stereocenters. The molecule has 3 nitrogen and oxygen atoms in total. The van der Waals surface area contributed by atoms with Crippen molar-refractivity contribution in [3.05, 3.63) is 46.7 Å². The minimum atomic E-state index is 0.0360. The van der Waals surface area contributed by atoms with E-state index >= 15 is 0 Å². The number of carbonyl (C=O) groups excluding carboxylic acids is 1. The second-order valence-corrected chi connectivity index (χ2v) is 9.22. The number of benzene rings is 1. The quantitative estimate of drug-likeness (QED) is 0.702. The van der Waals surface area contributed by atoms with E-state index in [1.165, 1.54) is 55.2 Å². The Hall–Kier alpha value is -1.65. The number of hydrogen-bond donors (Lipinski definition) is 1. The minimum Gasteiger partial charge on any atom is -0.354 e. The average Bonchev–Trinajstić information content (AvgIpc) is 3.29. The Bertz CT molecular complexity index is 734. The number of rotatable bonds is 6. The molecule has 1 N–H and O–H groups in total. The summed E-state index contributed by atoms with van der Waals surface area (Å²) in [5, 5.41) is 7.59. The first-order chi connectivity index (χ1) is 13.8. The molecule has 1 aliphatic carbocycles. The third-order valence-corrected chi connectivity index (χ3v) is 7.08. The number of nitrogens with one attached hydrogen (secondary N) is 1. The van der Waals surface area contributed by atoms with Crippen LogP contribution in [0.1, 0.15) is 56.9 Å². The first kappa shape index (κ1) is 19.7. The maximum absolute atomic E-state index is 12.9. The lowest BCUT2D eigenvalue weighted by Crippen LogP contribution is -2.49. The van der Waals surface area contributed by atoms with Crippen LogP contribution in [-0.2, 0) is 11.3 Å². The van der Waals surface area contributed by atoms with Crippen LogP contribution in [0.2, 0.25) is 0 Å². The number of amides is 1. The van der Waals surface area contributed by atoms with Crippen LogP contribution in [0.15, 0.2) is 41.1 Å². The minimum absolute atomic E-state index is 0.0360. The van der Waals surface area contributed by atoms with Crippen LogP contribution in [0, 0.1) is 5.92 Å². The number of piperidine rings is 1. The van der Waals surface area contributed by atoms with Gasteiger partial charge in [-0.05, 0) is 71.7 Å². The predicted molar refractivity (Wildman–Crippen MR) is 117 cm³/mol. The third kappa shape index (κ3) is 5.03. The molecular formula is C24H32N2OS. The van der Waals surface area contributed by atoms with Crippen LogP contribution in [0.4, 0.5) is 0 Å². The smallest absolute Gasteiger partial charge is 0.237 e. The van der Waals surface area contributed by atoms with E-state index in [0.717, 1.165) is 32.5 Å². The molecule has 1 aromatic heterocycles. The lowest BCUT2D eigenvalue weighted by molar-refractivity contribution is -0.128. The molecule has 2 heterocycles. The molecule has 28 heavy (non-hydrogen) atoms. The fourth-order valence-electron chi connectivity index (χ4n) is 4.70. The molecule has 150 valence electrons. The molecule has 1 amide bonds. The second kappa shape index (κ2) is 9.71. The molecule has 1 unspecified atom stereocenters. The highest BCUT2D eigenvalue weighted by atomic mass is 32.1. The lowest BCUT2D eigenvalue weighted by atomic mass is 9.89. The van der Waals surface area contributed by atoms with Crippen LogP contribution < -0.4 is 5.32 Å². The van der Waals surface area contributed by atoms with Crippen molar-refractivity contribution in [3.63, 3.8) is 0 Å². The van der Waals surface area contributed by atoms with Crippen molar-refractivity contribution in [1.82, 2.24) is 10.2 Å². The van der Waals surface area contributed by atoms with Crippen molar-refractivity contribution >= 4 is 17.2 Å². The van der Waals surface area contributed by atoms with Crippen molar-refractivity contribution in [2.45, 2.75) is 64.0 Å². The largest absolute Gasteiger partial charge is 0.354 e. The molecular weight excluding hydrogens is 364 g/mol. The summed E-state index contributed by atoms with van der Waals surface area (Å²) in [4.78, 5) is 15.3. The average molecular weight is 397 g/mol. The van der Waals surface area contributed by atoms with E-state index in [0.29, 0.717) is 5.92 Å². The van der Waals surface area contributed by atoms with Gasteiger partial charge >= 0.3 is 0 Å².